The van der Waals surface area contributed by atoms with Crippen molar-refractivity contribution < 1.29 is 0 Å². The Balaban J connectivity index is 1.76. The van der Waals surface area contributed by atoms with Crippen LogP contribution < -0.4 is 15.8 Å². The first kappa shape index (κ1) is 12.4. The number of hydrogen-bond acceptors (Lipinski definition) is 4. The molecule has 1 saturated heterocycles. The summed E-state index contributed by atoms with van der Waals surface area (Å²) in [6.45, 7) is 2.01. The molecule has 6 heteroatoms. The topological polar surface area (TPSA) is 61.0 Å². The summed E-state index contributed by atoms with van der Waals surface area (Å²) in [4.78, 5) is 20.9. The summed E-state index contributed by atoms with van der Waals surface area (Å²) in [5.74, 6) is 0.847. The summed E-state index contributed by atoms with van der Waals surface area (Å²) in [7, 11) is 0. The third-order valence-electron chi connectivity index (χ3n) is 3.65. The maximum atomic E-state index is 11.6. The maximum absolute atomic E-state index is 11.6. The van der Waals surface area contributed by atoms with Crippen LogP contribution in [0.4, 0.5) is 5.82 Å². The van der Waals surface area contributed by atoms with E-state index < -0.39 is 0 Å². The minimum absolute atomic E-state index is 0.0404. The minimum atomic E-state index is -0.0404. The Kier molecular flexibility index (Phi) is 3.56. The quantitative estimate of drug-likeness (QED) is 0.790. The van der Waals surface area contributed by atoms with Crippen LogP contribution in [0.5, 0.6) is 0 Å². The molecular formula is C12H17IN4O. The monoisotopic (exact) mass is 360 g/mol. The number of nitrogens with zero attached hydrogens (tertiary/aromatic N) is 2. The van der Waals surface area contributed by atoms with E-state index in [4.69, 9.17) is 0 Å². The lowest BCUT2D eigenvalue weighted by Gasteiger charge is -2.26. The molecule has 1 unspecified atom stereocenters. The highest BCUT2D eigenvalue weighted by Gasteiger charge is 2.29. The Hall–Kier alpha value is -0.630. The summed E-state index contributed by atoms with van der Waals surface area (Å²) >= 11 is 2.09. The van der Waals surface area contributed by atoms with E-state index in [0.717, 1.165) is 24.9 Å². The fourth-order valence-corrected chi connectivity index (χ4v) is 3.10. The minimum Gasteiger partial charge on any atom is -0.351 e. The molecule has 1 saturated carbocycles. The van der Waals surface area contributed by atoms with Crippen molar-refractivity contribution in [1.29, 1.82) is 0 Å². The number of aromatic amines is 1. The highest BCUT2D eigenvalue weighted by Crippen LogP contribution is 2.26. The van der Waals surface area contributed by atoms with Gasteiger partial charge in [-0.2, -0.15) is 0 Å². The SMILES string of the molecule is O=c1[nH]cnc(N2CCCC2CNC2CC2)c1I. The number of H-pyrrole nitrogens is 1. The number of rotatable bonds is 4. The molecule has 0 spiro atoms. The Labute approximate surface area is 120 Å². The zero-order chi connectivity index (χ0) is 12.5. The van der Waals surface area contributed by atoms with E-state index in [2.05, 4.69) is 42.8 Å². The van der Waals surface area contributed by atoms with Gasteiger partial charge in [-0.3, -0.25) is 4.79 Å². The predicted molar refractivity (Wildman–Crippen MR) is 79.0 cm³/mol. The van der Waals surface area contributed by atoms with Crippen molar-refractivity contribution >= 4 is 28.4 Å². The molecule has 0 bridgehead atoms. The number of nitrogens with one attached hydrogen (secondary N) is 2. The normalized spacial score (nSPS) is 23.6. The summed E-state index contributed by atoms with van der Waals surface area (Å²) in [6, 6.07) is 1.21. The van der Waals surface area contributed by atoms with Crippen LogP contribution in [-0.2, 0) is 0 Å². The molecule has 98 valence electrons. The molecule has 1 aromatic rings. The van der Waals surface area contributed by atoms with Gasteiger partial charge in [-0.25, -0.2) is 4.98 Å². The van der Waals surface area contributed by atoms with Gasteiger partial charge in [0.05, 0.1) is 6.33 Å². The molecule has 1 aliphatic heterocycles. The maximum Gasteiger partial charge on any atom is 0.266 e. The van der Waals surface area contributed by atoms with Crippen LogP contribution in [0.3, 0.4) is 0 Å². The van der Waals surface area contributed by atoms with E-state index in [-0.39, 0.29) is 5.56 Å². The molecular weight excluding hydrogens is 343 g/mol. The van der Waals surface area contributed by atoms with Crippen LogP contribution in [-0.4, -0.2) is 35.1 Å². The van der Waals surface area contributed by atoms with Crippen molar-refractivity contribution in [2.45, 2.75) is 37.8 Å². The van der Waals surface area contributed by atoms with Crippen molar-refractivity contribution in [2.75, 3.05) is 18.0 Å². The van der Waals surface area contributed by atoms with Crippen molar-refractivity contribution in [1.82, 2.24) is 15.3 Å². The van der Waals surface area contributed by atoms with Gasteiger partial charge in [0, 0.05) is 25.2 Å². The molecule has 1 aromatic heterocycles. The van der Waals surface area contributed by atoms with E-state index >= 15 is 0 Å². The average molecular weight is 360 g/mol. The zero-order valence-electron chi connectivity index (χ0n) is 10.2. The Bertz CT molecular complexity index is 485. The fraction of sp³-hybridized carbons (Fsp3) is 0.667. The second kappa shape index (κ2) is 5.16. The predicted octanol–water partition coefficient (Wildman–Crippen LogP) is 1.10. The molecule has 2 N–H and O–H groups in total. The Morgan fingerprint density at radius 2 is 2.33 bits per heavy atom. The first-order valence-corrected chi connectivity index (χ1v) is 7.57. The smallest absolute Gasteiger partial charge is 0.266 e. The fourth-order valence-electron chi connectivity index (χ4n) is 2.49. The zero-order valence-corrected chi connectivity index (χ0v) is 12.3. The molecule has 0 amide bonds. The van der Waals surface area contributed by atoms with Gasteiger partial charge in [0.25, 0.3) is 5.56 Å². The standard InChI is InChI=1S/C12H17IN4O/c13-10-11(15-7-16-12(10)18)17-5-1-2-9(17)6-14-8-3-4-8/h7-9,14H,1-6H2,(H,15,16,18). The molecule has 1 aliphatic carbocycles. The number of halogens is 1. The lowest BCUT2D eigenvalue weighted by atomic mass is 10.2. The van der Waals surface area contributed by atoms with Gasteiger partial charge in [-0.05, 0) is 48.3 Å². The van der Waals surface area contributed by atoms with E-state index in [1.807, 2.05) is 0 Å². The average Bonchev–Trinajstić information content (AvgIpc) is 3.08. The van der Waals surface area contributed by atoms with Crippen molar-refractivity contribution in [2.24, 2.45) is 0 Å². The lowest BCUT2D eigenvalue weighted by Crippen LogP contribution is -2.40. The summed E-state index contributed by atoms with van der Waals surface area (Å²) in [6.07, 6.45) is 6.50. The highest BCUT2D eigenvalue weighted by molar-refractivity contribution is 14.1. The molecule has 0 radical (unpaired) electrons. The van der Waals surface area contributed by atoms with Crippen LogP contribution in [0, 0.1) is 3.57 Å². The molecule has 1 atom stereocenters. The Morgan fingerprint density at radius 3 is 3.11 bits per heavy atom. The van der Waals surface area contributed by atoms with E-state index in [1.54, 1.807) is 0 Å². The third kappa shape index (κ3) is 2.54. The molecule has 3 rings (SSSR count). The van der Waals surface area contributed by atoms with Crippen molar-refractivity contribution in [3.8, 4) is 0 Å². The number of anilines is 1. The molecule has 18 heavy (non-hydrogen) atoms. The van der Waals surface area contributed by atoms with Crippen LogP contribution >= 0.6 is 22.6 Å². The van der Waals surface area contributed by atoms with Crippen molar-refractivity contribution in [3.05, 3.63) is 20.3 Å². The second-order valence-corrected chi connectivity index (χ2v) is 6.12. The van der Waals surface area contributed by atoms with Gasteiger partial charge in [0.15, 0.2) is 0 Å². The lowest BCUT2D eigenvalue weighted by molar-refractivity contribution is 0.567. The number of hydrogen-bond donors (Lipinski definition) is 2. The first-order valence-electron chi connectivity index (χ1n) is 6.49. The van der Waals surface area contributed by atoms with Crippen molar-refractivity contribution in [3.63, 3.8) is 0 Å². The van der Waals surface area contributed by atoms with E-state index in [9.17, 15) is 4.79 Å². The van der Waals surface area contributed by atoms with E-state index in [1.165, 1.54) is 32.0 Å². The van der Waals surface area contributed by atoms with Gasteiger partial charge in [0.1, 0.15) is 9.39 Å². The van der Waals surface area contributed by atoms with Crippen LogP contribution in [0.25, 0.3) is 0 Å². The third-order valence-corrected chi connectivity index (χ3v) is 4.62. The molecule has 2 fully saturated rings. The number of aromatic nitrogens is 2. The van der Waals surface area contributed by atoms with Gasteiger partial charge in [0.2, 0.25) is 0 Å². The van der Waals surface area contributed by atoms with Crippen LogP contribution in [0.1, 0.15) is 25.7 Å². The summed E-state index contributed by atoms with van der Waals surface area (Å²) in [5.41, 5.74) is -0.0404. The molecule has 5 nitrogen and oxygen atoms in total. The second-order valence-electron chi connectivity index (χ2n) is 5.04. The first-order chi connectivity index (χ1) is 8.75. The largest absolute Gasteiger partial charge is 0.351 e. The molecule has 2 heterocycles. The highest BCUT2D eigenvalue weighted by atomic mass is 127. The van der Waals surface area contributed by atoms with Gasteiger partial charge < -0.3 is 15.2 Å². The summed E-state index contributed by atoms with van der Waals surface area (Å²) in [5, 5.41) is 3.57. The molecule has 0 aromatic carbocycles. The molecule has 2 aliphatic rings. The van der Waals surface area contributed by atoms with Crippen LogP contribution in [0.15, 0.2) is 11.1 Å². The Morgan fingerprint density at radius 1 is 1.50 bits per heavy atom. The van der Waals surface area contributed by atoms with Crippen LogP contribution in [0.2, 0.25) is 0 Å². The van der Waals surface area contributed by atoms with Gasteiger partial charge in [-0.15, -0.1) is 0 Å². The summed E-state index contributed by atoms with van der Waals surface area (Å²) < 4.78 is 0.702. The van der Waals surface area contributed by atoms with E-state index in [0.29, 0.717) is 9.61 Å². The van der Waals surface area contributed by atoms with Gasteiger partial charge >= 0.3 is 0 Å². The van der Waals surface area contributed by atoms with Gasteiger partial charge in [-0.1, -0.05) is 0 Å².